The molecule has 0 radical (unpaired) electrons. The molecule has 28 heavy (non-hydrogen) atoms. The number of carboxylic acids is 1. The van der Waals surface area contributed by atoms with Gasteiger partial charge in [0.25, 0.3) is 10.0 Å². The third kappa shape index (κ3) is 4.32. The third-order valence-corrected chi connectivity index (χ3v) is 5.80. The molecule has 3 rings (SSSR count). The van der Waals surface area contributed by atoms with Gasteiger partial charge in [0.05, 0.1) is 29.4 Å². The summed E-state index contributed by atoms with van der Waals surface area (Å²) in [6, 6.07) is 9.94. The molecule has 2 N–H and O–H groups in total. The summed E-state index contributed by atoms with van der Waals surface area (Å²) < 4.78 is 32.8. The summed E-state index contributed by atoms with van der Waals surface area (Å²) in [4.78, 5) is 24.9. The average molecular weight is 404 g/mol. The Morgan fingerprint density at radius 2 is 1.71 bits per heavy atom. The van der Waals surface area contributed by atoms with E-state index < -0.39 is 16.0 Å². The summed E-state index contributed by atoms with van der Waals surface area (Å²) in [6.45, 7) is 3.53. The van der Waals surface area contributed by atoms with Crippen LogP contribution in [0.4, 0.5) is 11.4 Å². The van der Waals surface area contributed by atoms with Crippen LogP contribution in [0.15, 0.2) is 47.4 Å². The Kier molecular flexibility index (Phi) is 5.66. The molecule has 9 heteroatoms. The number of carboxylic acid groups (broad SMARTS) is 1. The Balaban J connectivity index is 1.87. The zero-order valence-electron chi connectivity index (χ0n) is 15.2. The summed E-state index contributed by atoms with van der Waals surface area (Å²) >= 11 is 0. The summed E-state index contributed by atoms with van der Waals surface area (Å²) in [7, 11) is -3.92. The van der Waals surface area contributed by atoms with Crippen molar-refractivity contribution in [1.29, 1.82) is 0 Å². The van der Waals surface area contributed by atoms with Crippen molar-refractivity contribution >= 4 is 33.2 Å². The van der Waals surface area contributed by atoms with Crippen molar-refractivity contribution in [3.63, 3.8) is 0 Å². The number of carbonyl (C=O) groups is 2. The standard InChI is InChI=1S/C19H20N2O6S/c1-13(22)14-2-5-16(6-3-14)28(25,26)20-15-4-7-18(17(12-15)19(23)24)21-8-10-27-11-9-21/h2-7,12,20H,8-11H2,1H3,(H,23,24). The number of nitrogens with one attached hydrogen (secondary N) is 1. The second-order valence-corrected chi connectivity index (χ2v) is 8.00. The van der Waals surface area contributed by atoms with Crippen molar-refractivity contribution in [2.45, 2.75) is 11.8 Å². The van der Waals surface area contributed by atoms with Crippen molar-refractivity contribution in [2.24, 2.45) is 0 Å². The van der Waals surface area contributed by atoms with Crippen LogP contribution in [-0.4, -0.2) is 51.6 Å². The topological polar surface area (TPSA) is 113 Å². The number of hydrogen-bond donors (Lipinski definition) is 2. The van der Waals surface area contributed by atoms with Crippen molar-refractivity contribution in [3.05, 3.63) is 53.6 Å². The lowest BCUT2D eigenvalue weighted by molar-refractivity contribution is 0.0696. The van der Waals surface area contributed by atoms with Gasteiger partial charge in [-0.2, -0.15) is 0 Å². The number of sulfonamides is 1. The van der Waals surface area contributed by atoms with Gasteiger partial charge in [-0.15, -0.1) is 0 Å². The lowest BCUT2D eigenvalue weighted by Gasteiger charge is -2.30. The minimum atomic E-state index is -3.92. The van der Waals surface area contributed by atoms with Gasteiger partial charge in [-0.1, -0.05) is 12.1 Å². The van der Waals surface area contributed by atoms with Crippen molar-refractivity contribution in [2.75, 3.05) is 35.9 Å². The minimum absolute atomic E-state index is 0.00836. The highest BCUT2D eigenvalue weighted by Gasteiger charge is 2.21. The van der Waals surface area contributed by atoms with E-state index in [0.29, 0.717) is 37.6 Å². The van der Waals surface area contributed by atoms with Gasteiger partial charge in [-0.25, -0.2) is 13.2 Å². The van der Waals surface area contributed by atoms with E-state index >= 15 is 0 Å². The fourth-order valence-corrected chi connectivity index (χ4v) is 3.98. The molecule has 1 heterocycles. The average Bonchev–Trinajstić information content (AvgIpc) is 2.68. The molecule has 1 aliphatic heterocycles. The fraction of sp³-hybridized carbons (Fsp3) is 0.263. The normalized spacial score (nSPS) is 14.5. The smallest absolute Gasteiger partial charge is 0.337 e. The van der Waals surface area contributed by atoms with Crippen LogP contribution in [0, 0.1) is 0 Å². The minimum Gasteiger partial charge on any atom is -0.478 e. The number of rotatable bonds is 6. The molecule has 0 amide bonds. The molecule has 2 aromatic rings. The molecular weight excluding hydrogens is 384 g/mol. The molecule has 1 fully saturated rings. The SMILES string of the molecule is CC(=O)c1ccc(S(=O)(=O)Nc2ccc(N3CCOCC3)c(C(=O)O)c2)cc1. The summed E-state index contributed by atoms with van der Waals surface area (Å²) in [5, 5.41) is 9.55. The van der Waals surface area contributed by atoms with Crippen LogP contribution in [0.2, 0.25) is 0 Å². The number of anilines is 2. The first kappa shape index (κ1) is 19.8. The van der Waals surface area contributed by atoms with Gasteiger partial charge in [0, 0.05) is 24.3 Å². The van der Waals surface area contributed by atoms with Gasteiger partial charge in [0.15, 0.2) is 5.78 Å². The zero-order chi connectivity index (χ0) is 20.3. The van der Waals surface area contributed by atoms with E-state index in [1.54, 1.807) is 6.07 Å². The third-order valence-electron chi connectivity index (χ3n) is 4.40. The first-order chi connectivity index (χ1) is 13.3. The second kappa shape index (κ2) is 7.99. The Labute approximate surface area is 162 Å². The van der Waals surface area contributed by atoms with Crippen LogP contribution >= 0.6 is 0 Å². The Bertz CT molecular complexity index is 996. The van der Waals surface area contributed by atoms with Crippen LogP contribution in [0.3, 0.4) is 0 Å². The summed E-state index contributed by atoms with van der Waals surface area (Å²) in [6.07, 6.45) is 0. The van der Waals surface area contributed by atoms with Gasteiger partial charge in [-0.05, 0) is 37.3 Å². The maximum absolute atomic E-state index is 12.6. The van der Waals surface area contributed by atoms with E-state index in [0.717, 1.165) is 0 Å². The monoisotopic (exact) mass is 404 g/mol. The number of ketones is 1. The number of aromatic carboxylic acids is 1. The second-order valence-electron chi connectivity index (χ2n) is 6.32. The van der Waals surface area contributed by atoms with Gasteiger partial charge in [-0.3, -0.25) is 9.52 Å². The van der Waals surface area contributed by atoms with Crippen molar-refractivity contribution < 1.29 is 27.9 Å². The number of nitrogens with zero attached hydrogens (tertiary/aromatic N) is 1. The van der Waals surface area contributed by atoms with Gasteiger partial charge >= 0.3 is 5.97 Å². The van der Waals surface area contributed by atoms with Crippen LogP contribution < -0.4 is 9.62 Å². The molecule has 0 atom stereocenters. The highest BCUT2D eigenvalue weighted by molar-refractivity contribution is 7.92. The molecular formula is C19H20N2O6S. The molecule has 8 nitrogen and oxygen atoms in total. The lowest BCUT2D eigenvalue weighted by atomic mass is 10.1. The molecule has 1 saturated heterocycles. The number of Topliss-reactive ketones (excluding diaryl/α,β-unsaturated/α-hetero) is 1. The van der Waals surface area contributed by atoms with Crippen molar-refractivity contribution in [1.82, 2.24) is 0 Å². The van der Waals surface area contributed by atoms with Gasteiger partial charge in [0.1, 0.15) is 0 Å². The molecule has 0 spiro atoms. The Hall–Kier alpha value is -2.91. The maximum Gasteiger partial charge on any atom is 0.337 e. The van der Waals surface area contributed by atoms with Gasteiger partial charge < -0.3 is 14.7 Å². The van der Waals surface area contributed by atoms with Gasteiger partial charge in [0.2, 0.25) is 0 Å². The molecule has 0 unspecified atom stereocenters. The Morgan fingerprint density at radius 3 is 2.29 bits per heavy atom. The largest absolute Gasteiger partial charge is 0.478 e. The van der Waals surface area contributed by atoms with E-state index in [-0.39, 0.29) is 21.9 Å². The van der Waals surface area contributed by atoms with Crippen molar-refractivity contribution in [3.8, 4) is 0 Å². The molecule has 0 bridgehead atoms. The number of benzene rings is 2. The number of carbonyl (C=O) groups excluding carboxylic acids is 1. The molecule has 2 aromatic carbocycles. The van der Waals surface area contributed by atoms with Crippen LogP contribution in [-0.2, 0) is 14.8 Å². The predicted octanol–water partition coefficient (Wildman–Crippen LogP) is 2.22. The van der Waals surface area contributed by atoms with E-state index in [9.17, 15) is 23.1 Å². The lowest BCUT2D eigenvalue weighted by Crippen LogP contribution is -2.37. The molecule has 0 aliphatic carbocycles. The van der Waals surface area contributed by atoms with E-state index in [2.05, 4.69) is 4.72 Å². The Morgan fingerprint density at radius 1 is 1.07 bits per heavy atom. The van der Waals surface area contributed by atoms with Crippen LogP contribution in [0.5, 0.6) is 0 Å². The van der Waals surface area contributed by atoms with Crippen LogP contribution in [0.25, 0.3) is 0 Å². The maximum atomic E-state index is 12.6. The first-order valence-electron chi connectivity index (χ1n) is 8.62. The molecule has 0 saturated carbocycles. The number of hydrogen-bond acceptors (Lipinski definition) is 6. The highest BCUT2D eigenvalue weighted by Crippen LogP contribution is 2.27. The molecule has 1 aliphatic rings. The number of morpholine rings is 1. The highest BCUT2D eigenvalue weighted by atomic mass is 32.2. The quantitative estimate of drug-likeness (QED) is 0.710. The summed E-state index contributed by atoms with van der Waals surface area (Å²) in [5.41, 5.74) is 1.07. The van der Waals surface area contributed by atoms with E-state index in [1.165, 1.54) is 43.3 Å². The van der Waals surface area contributed by atoms with E-state index in [4.69, 9.17) is 4.74 Å². The fourth-order valence-electron chi connectivity index (χ4n) is 2.93. The first-order valence-corrected chi connectivity index (χ1v) is 10.1. The zero-order valence-corrected chi connectivity index (χ0v) is 16.0. The predicted molar refractivity (Wildman–Crippen MR) is 104 cm³/mol. The number of ether oxygens (including phenoxy) is 1. The molecule has 148 valence electrons. The summed E-state index contributed by atoms with van der Waals surface area (Å²) in [5.74, 6) is -1.31. The van der Waals surface area contributed by atoms with E-state index in [1.807, 2.05) is 4.90 Å². The van der Waals surface area contributed by atoms with Crippen LogP contribution in [0.1, 0.15) is 27.6 Å². The molecule has 0 aromatic heterocycles.